The Morgan fingerprint density at radius 1 is 1.40 bits per heavy atom. The second-order valence-corrected chi connectivity index (χ2v) is 3.82. The van der Waals surface area contributed by atoms with E-state index in [9.17, 15) is 0 Å². The third-order valence-corrected chi connectivity index (χ3v) is 1.73. The van der Waals surface area contributed by atoms with Crippen LogP contribution in [-0.2, 0) is 10.9 Å². The van der Waals surface area contributed by atoms with E-state index in [2.05, 4.69) is 19.4 Å². The van der Waals surface area contributed by atoms with E-state index in [1.54, 1.807) is 0 Å². The average Bonchev–Trinajstić information content (AvgIpc) is 1.38. The van der Waals surface area contributed by atoms with Crippen LogP contribution in [0, 0.1) is 0 Å². The zero-order valence-electron chi connectivity index (χ0n) is 4.12. The summed E-state index contributed by atoms with van der Waals surface area (Å²) in [6.07, 6.45) is 4.50. The van der Waals surface area contributed by atoms with Crippen LogP contribution in [0.4, 0.5) is 0 Å². The Morgan fingerprint density at radius 3 is 1.60 bits per heavy atom. The maximum Gasteiger partial charge on any atom is 0.104 e. The molecule has 0 N–H and O–H groups in total. The van der Waals surface area contributed by atoms with Gasteiger partial charge in [-0.15, -0.1) is 0 Å². The molecular formula is C4H11S+. The topological polar surface area (TPSA) is 0 Å². The summed E-state index contributed by atoms with van der Waals surface area (Å²) in [5.41, 5.74) is 0. The molecule has 0 saturated carbocycles. The molecule has 0 amide bonds. The van der Waals surface area contributed by atoms with Crippen LogP contribution in [0.5, 0.6) is 0 Å². The van der Waals surface area contributed by atoms with Crippen molar-refractivity contribution in [3.8, 4) is 0 Å². The summed E-state index contributed by atoms with van der Waals surface area (Å²) in [5.74, 6) is 1.33. The summed E-state index contributed by atoms with van der Waals surface area (Å²) in [4.78, 5) is 0. The molecule has 0 radical (unpaired) electrons. The lowest BCUT2D eigenvalue weighted by molar-refractivity contribution is 1.51. The Morgan fingerprint density at radius 2 is 1.60 bits per heavy atom. The minimum absolute atomic E-state index is 0.677. The molecule has 0 aliphatic rings. The van der Waals surface area contributed by atoms with Crippen LogP contribution in [0.2, 0.25) is 0 Å². The van der Waals surface area contributed by atoms with Crippen molar-refractivity contribution in [2.45, 2.75) is 6.92 Å². The Labute approximate surface area is 36.9 Å². The molecule has 0 aromatic rings. The molecule has 0 rings (SSSR count). The summed E-state index contributed by atoms with van der Waals surface area (Å²) >= 11 is 0. The molecule has 1 heteroatoms. The molecule has 0 atom stereocenters. The summed E-state index contributed by atoms with van der Waals surface area (Å²) in [6, 6.07) is 0. The highest BCUT2D eigenvalue weighted by Crippen LogP contribution is 1.76. The highest BCUT2D eigenvalue weighted by Gasteiger charge is 1.89. The van der Waals surface area contributed by atoms with Crippen molar-refractivity contribution in [3.63, 3.8) is 0 Å². The van der Waals surface area contributed by atoms with Gasteiger partial charge in [-0.1, -0.05) is 0 Å². The van der Waals surface area contributed by atoms with Crippen molar-refractivity contribution in [2.24, 2.45) is 0 Å². The van der Waals surface area contributed by atoms with Gasteiger partial charge < -0.3 is 0 Å². The van der Waals surface area contributed by atoms with Gasteiger partial charge >= 0.3 is 0 Å². The zero-order chi connectivity index (χ0) is 4.28. The van der Waals surface area contributed by atoms with Crippen molar-refractivity contribution >= 4 is 10.9 Å². The quantitative estimate of drug-likeness (QED) is 0.420. The maximum atomic E-state index is 2.25. The highest BCUT2D eigenvalue weighted by molar-refractivity contribution is 7.95. The summed E-state index contributed by atoms with van der Waals surface area (Å²) < 4.78 is 0. The molecule has 0 aromatic carbocycles. The second-order valence-electron chi connectivity index (χ2n) is 1.27. The average molecular weight is 91.2 g/mol. The van der Waals surface area contributed by atoms with Crippen molar-refractivity contribution in [1.82, 2.24) is 0 Å². The lowest BCUT2D eigenvalue weighted by atomic mass is 11.0. The van der Waals surface area contributed by atoms with Gasteiger partial charge in [0.05, 0.1) is 12.5 Å². The Balaban J connectivity index is 2.54. The molecule has 0 aliphatic carbocycles. The van der Waals surface area contributed by atoms with Gasteiger partial charge in [0.1, 0.15) is 5.75 Å². The van der Waals surface area contributed by atoms with E-state index in [0.717, 1.165) is 0 Å². The van der Waals surface area contributed by atoms with Crippen LogP contribution < -0.4 is 0 Å². The van der Waals surface area contributed by atoms with Crippen LogP contribution in [0.1, 0.15) is 6.92 Å². The first kappa shape index (κ1) is 5.35. The molecule has 0 aromatic heterocycles. The molecule has 0 heterocycles. The van der Waals surface area contributed by atoms with Gasteiger partial charge in [-0.05, 0) is 17.8 Å². The fourth-order valence-electron chi connectivity index (χ4n) is 0. The van der Waals surface area contributed by atoms with Crippen LogP contribution in [-0.4, -0.2) is 18.3 Å². The van der Waals surface area contributed by atoms with Gasteiger partial charge in [0.25, 0.3) is 0 Å². The number of hydrogen-bond donors (Lipinski definition) is 0. The lowest BCUT2D eigenvalue weighted by Gasteiger charge is -1.81. The van der Waals surface area contributed by atoms with Crippen molar-refractivity contribution < 1.29 is 0 Å². The minimum atomic E-state index is 0.677. The summed E-state index contributed by atoms with van der Waals surface area (Å²) in [5, 5.41) is 0. The minimum Gasteiger partial charge on any atom is -0.0199 e. The van der Waals surface area contributed by atoms with E-state index in [-0.39, 0.29) is 0 Å². The molecule has 0 spiro atoms. The third kappa shape index (κ3) is 4.35. The Bertz CT molecular complexity index is 17.6. The van der Waals surface area contributed by atoms with Crippen LogP contribution in [0.3, 0.4) is 0 Å². The van der Waals surface area contributed by atoms with E-state index in [0.29, 0.717) is 10.9 Å². The molecule has 32 valence electrons. The first-order valence-electron chi connectivity index (χ1n) is 1.81. The van der Waals surface area contributed by atoms with Gasteiger partial charge in [-0.3, -0.25) is 0 Å². The van der Waals surface area contributed by atoms with Crippen molar-refractivity contribution in [1.29, 1.82) is 0 Å². The SMILES string of the molecule is CC[S+](C)C. The smallest absolute Gasteiger partial charge is 0.0199 e. The molecular weight excluding hydrogens is 80.1 g/mol. The standard InChI is InChI=1S/C4H11S/c1-4-5(2)3/h4H2,1-3H3/q+1. The van der Waals surface area contributed by atoms with Crippen LogP contribution >= 0.6 is 0 Å². The van der Waals surface area contributed by atoms with E-state index in [1.165, 1.54) is 5.75 Å². The van der Waals surface area contributed by atoms with Gasteiger partial charge in [-0.2, -0.15) is 0 Å². The highest BCUT2D eigenvalue weighted by atomic mass is 32.2. The van der Waals surface area contributed by atoms with Gasteiger partial charge in [0.2, 0.25) is 0 Å². The summed E-state index contributed by atoms with van der Waals surface area (Å²) in [6.45, 7) is 2.21. The van der Waals surface area contributed by atoms with Gasteiger partial charge in [0.15, 0.2) is 0 Å². The maximum absolute atomic E-state index is 2.25. The molecule has 0 fully saturated rings. The van der Waals surface area contributed by atoms with E-state index in [1.807, 2.05) is 0 Å². The Hall–Kier alpha value is 0.350. The predicted molar refractivity (Wildman–Crippen MR) is 29.8 cm³/mol. The summed E-state index contributed by atoms with van der Waals surface area (Å²) in [7, 11) is 0.677. The largest absolute Gasteiger partial charge is 0.104 e. The lowest BCUT2D eigenvalue weighted by Crippen LogP contribution is -1.94. The van der Waals surface area contributed by atoms with Crippen LogP contribution in [0.15, 0.2) is 0 Å². The first-order chi connectivity index (χ1) is 2.27. The molecule has 0 bridgehead atoms. The Kier molecular flexibility index (Phi) is 2.76. The predicted octanol–water partition coefficient (Wildman–Crippen LogP) is 0.884. The third-order valence-electron chi connectivity index (χ3n) is 0.577. The molecule has 0 nitrogen and oxygen atoms in total. The van der Waals surface area contributed by atoms with Crippen molar-refractivity contribution in [2.75, 3.05) is 18.3 Å². The normalized spacial score (nSPS) is 9.60. The fourth-order valence-corrected chi connectivity index (χ4v) is 0. The second kappa shape index (κ2) is 2.58. The molecule has 0 unspecified atom stereocenters. The fraction of sp³-hybridized carbons (Fsp3) is 1.00. The van der Waals surface area contributed by atoms with Gasteiger partial charge in [0, 0.05) is 0 Å². The molecule has 0 aliphatic heterocycles. The molecule has 0 saturated heterocycles. The van der Waals surface area contributed by atoms with E-state index >= 15 is 0 Å². The monoisotopic (exact) mass is 91.1 g/mol. The number of rotatable bonds is 1. The number of hydrogen-bond acceptors (Lipinski definition) is 0. The van der Waals surface area contributed by atoms with E-state index in [4.69, 9.17) is 0 Å². The van der Waals surface area contributed by atoms with Crippen molar-refractivity contribution in [3.05, 3.63) is 0 Å². The zero-order valence-corrected chi connectivity index (χ0v) is 4.93. The first-order valence-corrected chi connectivity index (χ1v) is 4.02. The van der Waals surface area contributed by atoms with Gasteiger partial charge in [-0.25, -0.2) is 0 Å². The van der Waals surface area contributed by atoms with Crippen LogP contribution in [0.25, 0.3) is 0 Å². The van der Waals surface area contributed by atoms with E-state index < -0.39 is 0 Å². The molecule has 5 heavy (non-hydrogen) atoms.